The molecule has 3 aliphatic rings. The number of ether oxygens (including phenoxy) is 1. The molecule has 0 spiro atoms. The molecule has 1 aliphatic carbocycles. The van der Waals surface area contributed by atoms with Crippen molar-refractivity contribution in [2.24, 2.45) is 5.41 Å². The van der Waals surface area contributed by atoms with Crippen molar-refractivity contribution in [2.45, 2.75) is 31.8 Å². The zero-order valence-corrected chi connectivity index (χ0v) is 13.2. The van der Waals surface area contributed by atoms with Gasteiger partial charge in [-0.25, -0.2) is 4.79 Å². The van der Waals surface area contributed by atoms with Crippen LogP contribution in [0.25, 0.3) is 0 Å². The summed E-state index contributed by atoms with van der Waals surface area (Å²) in [6, 6.07) is 1.60. The number of carboxylic acids is 1. The lowest BCUT2D eigenvalue weighted by atomic mass is 9.56. The average Bonchev–Trinajstić information content (AvgIpc) is 2.86. The summed E-state index contributed by atoms with van der Waals surface area (Å²) in [5.74, 6) is -1.28. The number of hydrogen-bond donors (Lipinski definition) is 3. The van der Waals surface area contributed by atoms with E-state index in [0.717, 1.165) is 30.6 Å². The molecule has 3 N–H and O–H groups in total. The fourth-order valence-corrected chi connectivity index (χ4v) is 4.51. The molecular formula is C15H19NO5S. The Morgan fingerprint density at radius 2 is 2.18 bits per heavy atom. The number of aryl methyl sites for hydroxylation is 1. The van der Waals surface area contributed by atoms with E-state index >= 15 is 0 Å². The highest BCUT2D eigenvalue weighted by Crippen LogP contribution is 2.55. The molecule has 0 radical (unpaired) electrons. The molecule has 3 heterocycles. The summed E-state index contributed by atoms with van der Waals surface area (Å²) in [5, 5.41) is 21.3. The maximum atomic E-state index is 12.2. The van der Waals surface area contributed by atoms with Gasteiger partial charge in [0, 0.05) is 25.2 Å². The predicted molar refractivity (Wildman–Crippen MR) is 80.4 cm³/mol. The fraction of sp³-hybridized carbons (Fsp3) is 0.600. The van der Waals surface area contributed by atoms with Crippen molar-refractivity contribution < 1.29 is 24.5 Å². The Bertz CT molecular complexity index is 617. The normalized spacial score (nSPS) is 29.7. The molecule has 1 aromatic rings. The van der Waals surface area contributed by atoms with Gasteiger partial charge in [0.1, 0.15) is 4.88 Å². The number of thiophene rings is 1. The number of aromatic carboxylic acids is 1. The van der Waals surface area contributed by atoms with E-state index in [2.05, 4.69) is 5.32 Å². The fourth-order valence-electron chi connectivity index (χ4n) is 3.58. The highest BCUT2D eigenvalue weighted by molar-refractivity contribution is 7.16. The van der Waals surface area contributed by atoms with E-state index in [9.17, 15) is 14.7 Å². The van der Waals surface area contributed by atoms with Crippen LogP contribution in [-0.4, -0.2) is 47.4 Å². The van der Waals surface area contributed by atoms with Crippen LogP contribution in [0.5, 0.6) is 0 Å². The molecule has 22 heavy (non-hydrogen) atoms. The summed E-state index contributed by atoms with van der Waals surface area (Å²) in [6.07, 6.45) is 2.40. The maximum absolute atomic E-state index is 12.2. The van der Waals surface area contributed by atoms with Gasteiger partial charge in [0.05, 0.1) is 10.5 Å². The number of rotatable bonds is 5. The van der Waals surface area contributed by atoms with Crippen LogP contribution in [0.1, 0.15) is 44.2 Å². The third-order valence-electron chi connectivity index (χ3n) is 4.68. The Morgan fingerprint density at radius 3 is 2.77 bits per heavy atom. The number of fused-ring (bicyclic) bond motifs is 2. The first kappa shape index (κ1) is 15.5. The van der Waals surface area contributed by atoms with Crippen LogP contribution in [0.3, 0.4) is 0 Å². The van der Waals surface area contributed by atoms with Crippen molar-refractivity contribution in [1.29, 1.82) is 0 Å². The minimum Gasteiger partial charge on any atom is -0.477 e. The van der Waals surface area contributed by atoms with E-state index in [1.54, 1.807) is 13.0 Å². The molecule has 1 aromatic heterocycles. The first-order valence-corrected chi connectivity index (χ1v) is 8.07. The Morgan fingerprint density at radius 1 is 1.45 bits per heavy atom. The van der Waals surface area contributed by atoms with Crippen LogP contribution in [-0.2, 0) is 4.74 Å². The molecule has 3 fully saturated rings. The minimum absolute atomic E-state index is 0.0288. The average molecular weight is 325 g/mol. The summed E-state index contributed by atoms with van der Waals surface area (Å²) in [7, 11) is 0. The second-order valence-corrected chi connectivity index (χ2v) is 7.46. The van der Waals surface area contributed by atoms with Crippen molar-refractivity contribution >= 4 is 23.2 Å². The van der Waals surface area contributed by atoms with Gasteiger partial charge in [0.15, 0.2) is 0 Å². The predicted octanol–water partition coefficient (Wildman–Crippen LogP) is 1.42. The van der Waals surface area contributed by atoms with Crippen molar-refractivity contribution in [3.8, 4) is 0 Å². The van der Waals surface area contributed by atoms with E-state index in [1.807, 2.05) is 0 Å². The number of carbonyl (C=O) groups excluding carboxylic acids is 1. The first-order chi connectivity index (χ1) is 10.4. The number of amides is 1. The van der Waals surface area contributed by atoms with Gasteiger partial charge in [-0.2, -0.15) is 0 Å². The van der Waals surface area contributed by atoms with Gasteiger partial charge in [-0.15, -0.1) is 11.3 Å². The van der Waals surface area contributed by atoms with Crippen LogP contribution in [0.15, 0.2) is 6.07 Å². The third kappa shape index (κ3) is 2.53. The number of aliphatic hydroxyl groups is 1. The number of hydrogen-bond acceptors (Lipinski definition) is 5. The molecule has 4 rings (SSSR count). The number of carbonyl (C=O) groups is 2. The molecular weight excluding hydrogens is 306 g/mol. The van der Waals surface area contributed by atoms with E-state index in [1.165, 1.54) is 0 Å². The third-order valence-corrected chi connectivity index (χ3v) is 5.90. The van der Waals surface area contributed by atoms with Gasteiger partial charge in [0.25, 0.3) is 5.91 Å². The van der Waals surface area contributed by atoms with Gasteiger partial charge >= 0.3 is 5.97 Å². The lowest BCUT2D eigenvalue weighted by Gasteiger charge is -2.59. The number of nitrogens with one attached hydrogen (secondary N) is 1. The van der Waals surface area contributed by atoms with Crippen molar-refractivity contribution in [2.75, 3.05) is 19.8 Å². The monoisotopic (exact) mass is 325 g/mol. The van der Waals surface area contributed by atoms with Gasteiger partial charge in [-0.05, 0) is 37.8 Å². The summed E-state index contributed by atoms with van der Waals surface area (Å²) < 4.78 is 5.80. The van der Waals surface area contributed by atoms with Gasteiger partial charge in [-0.1, -0.05) is 0 Å². The second kappa shape index (κ2) is 5.33. The molecule has 120 valence electrons. The zero-order valence-electron chi connectivity index (χ0n) is 12.3. The smallest absolute Gasteiger partial charge is 0.346 e. The summed E-state index contributed by atoms with van der Waals surface area (Å²) in [4.78, 5) is 23.8. The quantitative estimate of drug-likeness (QED) is 0.761. The highest BCUT2D eigenvalue weighted by Gasteiger charge is 2.58. The van der Waals surface area contributed by atoms with Crippen molar-refractivity contribution in [3.63, 3.8) is 0 Å². The Labute approximate surface area is 132 Å². The number of carboxylic acid groups (broad SMARTS) is 1. The van der Waals surface area contributed by atoms with Crippen molar-refractivity contribution in [1.82, 2.24) is 5.32 Å². The molecule has 0 atom stereocenters. The largest absolute Gasteiger partial charge is 0.477 e. The summed E-state index contributed by atoms with van der Waals surface area (Å²) in [5.41, 5.74) is 0.204. The molecule has 1 saturated carbocycles. The molecule has 2 bridgehead atoms. The van der Waals surface area contributed by atoms with Gasteiger partial charge in [-0.3, -0.25) is 4.79 Å². The van der Waals surface area contributed by atoms with Crippen LogP contribution in [0, 0.1) is 12.3 Å². The molecule has 2 aliphatic heterocycles. The van der Waals surface area contributed by atoms with E-state index in [-0.39, 0.29) is 28.4 Å². The Kier molecular flexibility index (Phi) is 3.74. The molecule has 7 heteroatoms. The standard InChI is InChI=1S/C15H19NO5S/c1-9-4-10(22-11(9)13(19)20)12(18)16-7-15-5-14(6-15,8-17)2-3-21-15/h4,17H,2-3,5-8H2,1H3,(H,16,18)(H,19,20). The van der Waals surface area contributed by atoms with Crippen LogP contribution in [0.4, 0.5) is 0 Å². The summed E-state index contributed by atoms with van der Waals surface area (Å²) >= 11 is 0.985. The molecule has 6 nitrogen and oxygen atoms in total. The first-order valence-electron chi connectivity index (χ1n) is 7.25. The zero-order chi connectivity index (χ0) is 16.0. The minimum atomic E-state index is -1.01. The summed E-state index contributed by atoms with van der Waals surface area (Å²) in [6.45, 7) is 2.85. The topological polar surface area (TPSA) is 95.9 Å². The second-order valence-electron chi connectivity index (χ2n) is 6.40. The Hall–Kier alpha value is -1.44. The van der Waals surface area contributed by atoms with E-state index in [4.69, 9.17) is 9.84 Å². The van der Waals surface area contributed by atoms with Crippen molar-refractivity contribution in [3.05, 3.63) is 21.4 Å². The maximum Gasteiger partial charge on any atom is 0.346 e. The van der Waals surface area contributed by atoms with E-state index < -0.39 is 5.97 Å². The van der Waals surface area contributed by atoms with Gasteiger partial charge < -0.3 is 20.3 Å². The van der Waals surface area contributed by atoms with Crippen LogP contribution < -0.4 is 5.32 Å². The van der Waals surface area contributed by atoms with E-state index in [0.29, 0.717) is 23.6 Å². The number of aliphatic hydroxyl groups excluding tert-OH is 1. The van der Waals surface area contributed by atoms with Crippen LogP contribution in [0.2, 0.25) is 0 Å². The van der Waals surface area contributed by atoms with Gasteiger partial charge in [0.2, 0.25) is 0 Å². The molecule has 0 unspecified atom stereocenters. The molecule has 2 saturated heterocycles. The molecule has 1 amide bonds. The highest BCUT2D eigenvalue weighted by atomic mass is 32.1. The lowest BCUT2D eigenvalue weighted by Crippen LogP contribution is -2.64. The Balaban J connectivity index is 1.61. The SMILES string of the molecule is Cc1cc(C(=O)NCC23CC(CO)(CCO2)C3)sc1C(=O)O. The molecule has 0 aromatic carbocycles. The lowest BCUT2D eigenvalue weighted by molar-refractivity contribution is -0.232. The van der Waals surface area contributed by atoms with Crippen LogP contribution >= 0.6 is 11.3 Å².